The second-order valence-corrected chi connectivity index (χ2v) is 7.26. The fourth-order valence-electron chi connectivity index (χ4n) is 3.93. The summed E-state index contributed by atoms with van der Waals surface area (Å²) in [5, 5.41) is 7.35. The number of fused-ring (bicyclic) bond motifs is 3. The topological polar surface area (TPSA) is 64.5 Å². The van der Waals surface area contributed by atoms with Crippen molar-refractivity contribution in [3.05, 3.63) is 90.2 Å². The quantitative estimate of drug-likeness (QED) is 0.145. The second kappa shape index (κ2) is 15.7. The summed E-state index contributed by atoms with van der Waals surface area (Å²) in [6.07, 6.45) is 6.49. The second-order valence-electron chi connectivity index (χ2n) is 7.26. The average molecular weight is 686 g/mol. The van der Waals surface area contributed by atoms with Crippen molar-refractivity contribution in [2.24, 2.45) is 0 Å². The monoisotopic (exact) mass is 686 g/mol. The molecule has 5 rings (SSSR count). The molecule has 1 aromatic carbocycles. The average Bonchev–Trinajstić information content (AvgIpc) is 3.41. The summed E-state index contributed by atoms with van der Waals surface area (Å²) in [5.41, 5.74) is 3.32. The van der Waals surface area contributed by atoms with Crippen LogP contribution in [0.4, 0.5) is 8.78 Å². The van der Waals surface area contributed by atoms with E-state index in [-0.39, 0.29) is 26.1 Å². The number of hydrogen-bond donors (Lipinski definition) is 0. The van der Waals surface area contributed by atoms with E-state index in [0.717, 1.165) is 28.8 Å². The Morgan fingerprint density at radius 1 is 1.05 bits per heavy atom. The first-order valence-corrected chi connectivity index (χ1v) is 12.2. The number of carbonyl (C=O) groups is 1. The summed E-state index contributed by atoms with van der Waals surface area (Å²) >= 11 is 0. The van der Waals surface area contributed by atoms with Crippen LogP contribution in [0, 0.1) is 17.6 Å². The van der Waals surface area contributed by atoms with E-state index < -0.39 is 11.6 Å². The SMILES string of the molecule is CC.CC.CC[C-]1c2cc(F)cc(F)c2-c2cccc[n+]2C1C.O=Cn1cc(-c2ccccn2)nn1.[Ir]. The maximum Gasteiger partial charge on any atom is 0.235 e. The fraction of sp³-hybridized carbons (Fsp3) is 0.286. The molecule has 1 unspecified atom stereocenters. The van der Waals surface area contributed by atoms with Crippen LogP contribution >= 0.6 is 0 Å². The number of nitrogens with zero attached hydrogens (tertiary/aromatic N) is 5. The van der Waals surface area contributed by atoms with E-state index in [0.29, 0.717) is 28.9 Å². The summed E-state index contributed by atoms with van der Waals surface area (Å²) in [7, 11) is 0. The van der Waals surface area contributed by atoms with Gasteiger partial charge in [0.15, 0.2) is 11.9 Å². The standard InChI is InChI=1S/C16H15F2N.C8H6N4O.2C2H6.Ir/c1-3-12-10(2)19-7-5-4-6-15(19)16-13(12)8-11(17)9-14(16)18;13-6-12-5-8(10-11-12)7-3-1-2-4-9-7;2*1-2;/h4-10H,3H2,1-2H3;1-6H;2*1-2H3;. The van der Waals surface area contributed by atoms with Crippen molar-refractivity contribution < 1.29 is 38.2 Å². The van der Waals surface area contributed by atoms with Gasteiger partial charge in [-0.2, -0.15) is 10.2 Å². The minimum absolute atomic E-state index is 0. The zero-order valence-electron chi connectivity index (χ0n) is 21.9. The van der Waals surface area contributed by atoms with Gasteiger partial charge in [0.1, 0.15) is 11.7 Å². The van der Waals surface area contributed by atoms with Gasteiger partial charge >= 0.3 is 0 Å². The van der Waals surface area contributed by atoms with Crippen molar-refractivity contribution in [1.82, 2.24) is 20.0 Å². The molecule has 37 heavy (non-hydrogen) atoms. The third-order valence-electron chi connectivity index (χ3n) is 5.40. The molecule has 4 heterocycles. The summed E-state index contributed by atoms with van der Waals surface area (Å²) < 4.78 is 30.8. The third kappa shape index (κ3) is 7.37. The number of benzene rings is 1. The number of carbonyl (C=O) groups excluding carboxylic acids is 1. The zero-order chi connectivity index (χ0) is 26.7. The molecule has 1 radical (unpaired) electrons. The molecular formula is C28H33F2IrN5O. The number of hydrogen-bond acceptors (Lipinski definition) is 4. The van der Waals surface area contributed by atoms with Crippen LogP contribution in [0.1, 0.15) is 59.6 Å². The van der Waals surface area contributed by atoms with Gasteiger partial charge in [0.25, 0.3) is 0 Å². The largest absolute Gasteiger partial charge is 0.276 e. The molecule has 4 aromatic rings. The van der Waals surface area contributed by atoms with E-state index in [1.54, 1.807) is 12.3 Å². The van der Waals surface area contributed by atoms with Crippen molar-refractivity contribution in [2.75, 3.05) is 0 Å². The Hall–Kier alpha value is -3.29. The van der Waals surface area contributed by atoms with Gasteiger partial charge in [-0.1, -0.05) is 58.4 Å². The normalized spacial score (nSPS) is 12.5. The summed E-state index contributed by atoms with van der Waals surface area (Å²) in [6, 6.07) is 13.7. The van der Waals surface area contributed by atoms with Crippen molar-refractivity contribution >= 4 is 6.41 Å². The molecule has 0 N–H and O–H groups in total. The Labute approximate surface area is 231 Å². The Morgan fingerprint density at radius 2 is 1.76 bits per heavy atom. The molecule has 1 atom stereocenters. The Morgan fingerprint density at radius 3 is 2.35 bits per heavy atom. The van der Waals surface area contributed by atoms with E-state index in [2.05, 4.69) is 22.2 Å². The molecule has 0 spiro atoms. The maximum atomic E-state index is 14.2. The predicted octanol–water partition coefficient (Wildman–Crippen LogP) is 6.25. The van der Waals surface area contributed by atoms with E-state index in [1.807, 2.05) is 75.7 Å². The number of pyridine rings is 2. The first-order chi connectivity index (χ1) is 17.5. The van der Waals surface area contributed by atoms with Gasteiger partial charge in [-0.3, -0.25) is 9.78 Å². The van der Waals surface area contributed by atoms with Gasteiger partial charge in [-0.25, -0.2) is 13.3 Å². The van der Waals surface area contributed by atoms with Crippen LogP contribution in [0.25, 0.3) is 22.6 Å². The van der Waals surface area contributed by atoms with Gasteiger partial charge in [0, 0.05) is 32.4 Å². The van der Waals surface area contributed by atoms with Crippen molar-refractivity contribution in [3.8, 4) is 22.6 Å². The summed E-state index contributed by atoms with van der Waals surface area (Å²) in [5.74, 6) is 0.0590. The summed E-state index contributed by atoms with van der Waals surface area (Å²) in [6.45, 7) is 12.1. The van der Waals surface area contributed by atoms with Crippen LogP contribution in [-0.2, 0) is 24.9 Å². The van der Waals surface area contributed by atoms with Crippen molar-refractivity contribution in [2.45, 2.75) is 54.0 Å². The van der Waals surface area contributed by atoms with Gasteiger partial charge < -0.3 is 0 Å². The van der Waals surface area contributed by atoms with Gasteiger partial charge in [0.05, 0.1) is 23.5 Å². The smallest absolute Gasteiger partial charge is 0.235 e. The molecular weight excluding hydrogens is 653 g/mol. The van der Waals surface area contributed by atoms with Crippen LogP contribution in [-0.4, -0.2) is 26.4 Å². The minimum atomic E-state index is -0.515. The first-order valence-electron chi connectivity index (χ1n) is 12.2. The molecule has 0 saturated heterocycles. The number of aromatic nitrogens is 5. The Bertz CT molecular complexity index is 1250. The Kier molecular flexibility index (Phi) is 13.5. The molecule has 0 aliphatic carbocycles. The van der Waals surface area contributed by atoms with E-state index in [9.17, 15) is 13.6 Å². The predicted molar refractivity (Wildman–Crippen MR) is 137 cm³/mol. The molecule has 1 aliphatic rings. The van der Waals surface area contributed by atoms with Crippen molar-refractivity contribution in [3.63, 3.8) is 0 Å². The van der Waals surface area contributed by atoms with Crippen LogP contribution in [0.15, 0.2) is 67.1 Å². The molecule has 0 bridgehead atoms. The van der Waals surface area contributed by atoms with Crippen LogP contribution in [0.3, 0.4) is 0 Å². The fourth-order valence-corrected chi connectivity index (χ4v) is 3.93. The van der Waals surface area contributed by atoms with Gasteiger partial charge in [0.2, 0.25) is 6.41 Å². The minimum Gasteiger partial charge on any atom is -0.276 e. The molecule has 0 saturated carbocycles. The van der Waals surface area contributed by atoms with E-state index >= 15 is 0 Å². The van der Waals surface area contributed by atoms with E-state index in [1.165, 1.54) is 12.3 Å². The van der Waals surface area contributed by atoms with Crippen LogP contribution in [0.2, 0.25) is 0 Å². The number of rotatable bonds is 3. The van der Waals surface area contributed by atoms with Crippen molar-refractivity contribution in [1.29, 1.82) is 0 Å². The molecule has 9 heteroatoms. The Balaban J connectivity index is 0.000000334. The molecule has 0 amide bonds. The molecule has 3 aromatic heterocycles. The third-order valence-corrected chi connectivity index (χ3v) is 5.40. The van der Waals surface area contributed by atoms with Gasteiger partial charge in [-0.05, 0) is 36.8 Å². The maximum absolute atomic E-state index is 14.2. The zero-order valence-corrected chi connectivity index (χ0v) is 24.3. The summed E-state index contributed by atoms with van der Waals surface area (Å²) in [4.78, 5) is 14.4. The van der Waals surface area contributed by atoms with Crippen LogP contribution in [0.5, 0.6) is 0 Å². The van der Waals surface area contributed by atoms with Gasteiger partial charge in [-0.15, -0.1) is 17.1 Å². The van der Waals surface area contributed by atoms with E-state index in [4.69, 9.17) is 0 Å². The molecule has 0 fully saturated rings. The number of halogens is 2. The molecule has 199 valence electrons. The molecule has 1 aliphatic heterocycles. The molecule has 6 nitrogen and oxygen atoms in total. The van der Waals surface area contributed by atoms with Crippen LogP contribution < -0.4 is 4.57 Å². The first kappa shape index (κ1) is 31.7.